The van der Waals surface area contributed by atoms with Gasteiger partial charge in [0.2, 0.25) is 11.8 Å². The highest BCUT2D eigenvalue weighted by molar-refractivity contribution is 7.55. The SMILES string of the molecule is CC(=O)Nc1ccc(OP(=O)(Oc2ccc(NC(C)=O)cc2)C2NCc3ccccc32)cc1. The van der Waals surface area contributed by atoms with E-state index in [1.54, 1.807) is 48.5 Å². The van der Waals surface area contributed by atoms with Crippen LogP contribution in [-0.4, -0.2) is 11.8 Å². The molecule has 33 heavy (non-hydrogen) atoms. The third-order valence-corrected chi connectivity index (χ3v) is 6.99. The number of fused-ring (bicyclic) bond motifs is 1. The molecule has 2 amide bonds. The van der Waals surface area contributed by atoms with Crippen LogP contribution < -0.4 is 25.0 Å². The number of rotatable bonds is 7. The van der Waals surface area contributed by atoms with E-state index in [9.17, 15) is 14.2 Å². The number of carbonyl (C=O) groups is 2. The quantitative estimate of drug-likeness (QED) is 0.422. The lowest BCUT2D eigenvalue weighted by Gasteiger charge is -2.26. The summed E-state index contributed by atoms with van der Waals surface area (Å²) >= 11 is 0. The van der Waals surface area contributed by atoms with Gasteiger partial charge >= 0.3 is 7.60 Å². The summed E-state index contributed by atoms with van der Waals surface area (Å²) in [6.45, 7) is 3.39. The van der Waals surface area contributed by atoms with E-state index >= 15 is 0 Å². The van der Waals surface area contributed by atoms with Crippen LogP contribution in [0.25, 0.3) is 0 Å². The molecule has 170 valence electrons. The second-order valence-corrected chi connectivity index (χ2v) is 9.58. The van der Waals surface area contributed by atoms with Gasteiger partial charge in [-0.1, -0.05) is 24.3 Å². The molecule has 0 spiro atoms. The van der Waals surface area contributed by atoms with Crippen molar-refractivity contribution < 1.29 is 23.2 Å². The highest BCUT2D eigenvalue weighted by Crippen LogP contribution is 2.60. The molecule has 1 aliphatic rings. The Kier molecular flexibility index (Phi) is 6.49. The summed E-state index contributed by atoms with van der Waals surface area (Å²) in [5.74, 6) is -0.361. The Bertz CT molecular complexity index is 1150. The Morgan fingerprint density at radius 1 is 0.818 bits per heavy atom. The first-order valence-corrected chi connectivity index (χ1v) is 12.0. The minimum Gasteiger partial charge on any atom is -0.415 e. The maximum atomic E-state index is 14.2. The van der Waals surface area contributed by atoms with E-state index in [1.165, 1.54) is 13.8 Å². The van der Waals surface area contributed by atoms with E-state index < -0.39 is 13.4 Å². The van der Waals surface area contributed by atoms with E-state index in [0.717, 1.165) is 11.1 Å². The molecule has 0 fully saturated rings. The van der Waals surface area contributed by atoms with Gasteiger partial charge < -0.3 is 19.7 Å². The Balaban J connectivity index is 1.63. The molecule has 3 aromatic carbocycles. The van der Waals surface area contributed by atoms with Gasteiger partial charge in [0.15, 0.2) is 5.78 Å². The number of amides is 2. The van der Waals surface area contributed by atoms with Gasteiger partial charge in [0.1, 0.15) is 11.5 Å². The maximum absolute atomic E-state index is 14.2. The summed E-state index contributed by atoms with van der Waals surface area (Å²) in [5.41, 5.74) is 3.08. The van der Waals surface area contributed by atoms with Crippen molar-refractivity contribution >= 4 is 30.8 Å². The third-order valence-electron chi connectivity index (χ3n) is 4.97. The Morgan fingerprint density at radius 2 is 1.30 bits per heavy atom. The second kappa shape index (κ2) is 9.48. The summed E-state index contributed by atoms with van der Waals surface area (Å²) in [7, 11) is -3.81. The van der Waals surface area contributed by atoms with Crippen LogP contribution in [0.4, 0.5) is 11.4 Å². The summed E-state index contributed by atoms with van der Waals surface area (Å²) in [6, 6.07) is 20.9. The number of hydrogen-bond donors (Lipinski definition) is 3. The highest BCUT2D eigenvalue weighted by atomic mass is 31.2. The molecule has 1 heterocycles. The molecular formula is C24H24N3O5P. The minimum absolute atomic E-state index is 0.188. The molecule has 0 aliphatic carbocycles. The largest absolute Gasteiger partial charge is 0.452 e. The fourth-order valence-corrected chi connectivity index (χ4v) is 5.57. The van der Waals surface area contributed by atoms with Crippen LogP contribution in [-0.2, 0) is 20.7 Å². The molecule has 8 nitrogen and oxygen atoms in total. The van der Waals surface area contributed by atoms with Crippen molar-refractivity contribution in [2.24, 2.45) is 0 Å². The average molecular weight is 465 g/mol. The van der Waals surface area contributed by atoms with Crippen molar-refractivity contribution in [3.05, 3.63) is 83.9 Å². The minimum atomic E-state index is -3.81. The lowest BCUT2D eigenvalue weighted by Crippen LogP contribution is -2.19. The zero-order valence-electron chi connectivity index (χ0n) is 18.2. The number of carbonyl (C=O) groups excluding carboxylic acids is 2. The monoisotopic (exact) mass is 465 g/mol. The normalized spacial score (nSPS) is 14.8. The Morgan fingerprint density at radius 3 is 1.79 bits per heavy atom. The van der Waals surface area contributed by atoms with E-state index in [2.05, 4.69) is 16.0 Å². The van der Waals surface area contributed by atoms with Crippen molar-refractivity contribution in [3.63, 3.8) is 0 Å². The van der Waals surface area contributed by atoms with Crippen molar-refractivity contribution in [3.8, 4) is 11.5 Å². The number of hydrogen-bond acceptors (Lipinski definition) is 6. The summed E-state index contributed by atoms with van der Waals surface area (Å²) in [4.78, 5) is 22.5. The van der Waals surface area contributed by atoms with Gasteiger partial charge in [0, 0.05) is 31.8 Å². The van der Waals surface area contributed by atoms with Gasteiger partial charge in [-0.2, -0.15) is 0 Å². The molecule has 0 bridgehead atoms. The predicted octanol–water partition coefficient (Wildman–Crippen LogP) is 5.06. The maximum Gasteiger partial charge on any atom is 0.452 e. The van der Waals surface area contributed by atoms with Gasteiger partial charge in [0.05, 0.1) is 0 Å². The third kappa shape index (κ3) is 5.42. The van der Waals surface area contributed by atoms with Crippen LogP contribution in [0.1, 0.15) is 30.8 Å². The van der Waals surface area contributed by atoms with Crippen LogP contribution in [0, 0.1) is 0 Å². The smallest absolute Gasteiger partial charge is 0.415 e. The van der Waals surface area contributed by atoms with Gasteiger partial charge in [-0.25, -0.2) is 4.57 Å². The predicted molar refractivity (Wildman–Crippen MR) is 126 cm³/mol. The molecule has 1 aliphatic heterocycles. The molecule has 1 atom stereocenters. The molecule has 3 aromatic rings. The molecule has 9 heteroatoms. The van der Waals surface area contributed by atoms with Crippen LogP contribution >= 0.6 is 7.60 Å². The number of benzene rings is 3. The fraction of sp³-hybridized carbons (Fsp3) is 0.167. The first-order valence-electron chi connectivity index (χ1n) is 10.4. The fourth-order valence-electron chi connectivity index (χ4n) is 3.58. The van der Waals surface area contributed by atoms with Crippen molar-refractivity contribution in [2.75, 3.05) is 10.6 Å². The van der Waals surface area contributed by atoms with Gasteiger partial charge in [-0.3, -0.25) is 14.9 Å². The Labute approximate surface area is 191 Å². The van der Waals surface area contributed by atoms with Gasteiger partial charge in [0.25, 0.3) is 0 Å². The summed E-state index contributed by atoms with van der Waals surface area (Å²) in [5, 5.41) is 8.62. The molecule has 4 rings (SSSR count). The van der Waals surface area contributed by atoms with Gasteiger partial charge in [-0.05, 0) is 59.7 Å². The first kappa shape index (κ1) is 22.6. The molecule has 3 N–H and O–H groups in total. The molecule has 0 radical (unpaired) electrons. The standard InChI is InChI=1S/C24H24N3O5P/c1-16(28)26-19-7-11-21(12-8-19)31-33(30,24-23-6-4-3-5-18(23)15-25-24)32-22-13-9-20(10-14-22)27-17(2)29/h3-14,24-25H,15H2,1-2H3,(H,26,28)(H,27,29). The summed E-state index contributed by atoms with van der Waals surface area (Å²) in [6.07, 6.45) is 0. The second-order valence-electron chi connectivity index (χ2n) is 7.62. The van der Waals surface area contributed by atoms with E-state index in [-0.39, 0.29) is 11.8 Å². The molecule has 0 aromatic heterocycles. The van der Waals surface area contributed by atoms with Crippen molar-refractivity contribution in [1.82, 2.24) is 5.32 Å². The van der Waals surface area contributed by atoms with Crippen molar-refractivity contribution in [2.45, 2.75) is 26.2 Å². The molecule has 0 saturated carbocycles. The summed E-state index contributed by atoms with van der Waals surface area (Å²) < 4.78 is 26.2. The Hall–Kier alpha value is -3.61. The molecular weight excluding hydrogens is 441 g/mol. The molecule has 0 saturated heterocycles. The van der Waals surface area contributed by atoms with Crippen LogP contribution in [0.3, 0.4) is 0 Å². The van der Waals surface area contributed by atoms with E-state index in [0.29, 0.717) is 29.4 Å². The van der Waals surface area contributed by atoms with E-state index in [1.807, 2.05) is 24.3 Å². The van der Waals surface area contributed by atoms with Crippen LogP contribution in [0.15, 0.2) is 72.8 Å². The lowest BCUT2D eigenvalue weighted by molar-refractivity contribution is -0.115. The molecule has 1 unspecified atom stereocenters. The van der Waals surface area contributed by atoms with Gasteiger partial charge in [-0.15, -0.1) is 0 Å². The van der Waals surface area contributed by atoms with E-state index in [4.69, 9.17) is 9.05 Å². The van der Waals surface area contributed by atoms with Crippen molar-refractivity contribution in [1.29, 1.82) is 0 Å². The van der Waals surface area contributed by atoms with Crippen LogP contribution in [0.5, 0.6) is 11.5 Å². The first-order chi connectivity index (χ1) is 15.8. The topological polar surface area (TPSA) is 106 Å². The van der Waals surface area contributed by atoms with Crippen LogP contribution in [0.2, 0.25) is 0 Å². The zero-order chi connectivity index (χ0) is 23.4. The zero-order valence-corrected chi connectivity index (χ0v) is 19.1. The highest BCUT2D eigenvalue weighted by Gasteiger charge is 2.44. The number of anilines is 2. The lowest BCUT2D eigenvalue weighted by atomic mass is 10.1. The average Bonchev–Trinajstić information content (AvgIpc) is 3.21. The number of nitrogens with one attached hydrogen (secondary N) is 3.